The summed E-state index contributed by atoms with van der Waals surface area (Å²) in [5, 5.41) is 13.0. The first-order valence-electron chi connectivity index (χ1n) is 7.40. The molecule has 0 saturated heterocycles. The van der Waals surface area contributed by atoms with Crippen LogP contribution in [0.25, 0.3) is 0 Å². The van der Waals surface area contributed by atoms with Crippen molar-refractivity contribution < 1.29 is 14.6 Å². The number of aliphatic hydroxyl groups is 1. The maximum atomic E-state index is 9.81. The highest BCUT2D eigenvalue weighted by Gasteiger charge is 2.20. The lowest BCUT2D eigenvalue weighted by Gasteiger charge is -2.13. The first kappa shape index (κ1) is 15.3. The zero-order valence-corrected chi connectivity index (χ0v) is 12.2. The second kappa shape index (κ2) is 8.25. The van der Waals surface area contributed by atoms with Crippen LogP contribution in [-0.4, -0.2) is 44.1 Å². The average Bonchev–Trinajstić information content (AvgIpc) is 3.24. The minimum absolute atomic E-state index is 0.305. The van der Waals surface area contributed by atoms with Crippen molar-refractivity contribution in [2.24, 2.45) is 5.92 Å². The van der Waals surface area contributed by atoms with E-state index in [9.17, 15) is 5.11 Å². The molecule has 0 aliphatic heterocycles. The van der Waals surface area contributed by atoms with Crippen LogP contribution in [0.3, 0.4) is 0 Å². The van der Waals surface area contributed by atoms with Gasteiger partial charge in [0.2, 0.25) is 0 Å². The van der Waals surface area contributed by atoms with E-state index in [1.54, 1.807) is 0 Å². The molecule has 0 bridgehead atoms. The number of ether oxygens (including phenoxy) is 2. The maximum Gasteiger partial charge on any atom is 0.119 e. The van der Waals surface area contributed by atoms with Gasteiger partial charge in [-0.1, -0.05) is 12.1 Å². The predicted molar refractivity (Wildman–Crippen MR) is 79.1 cm³/mol. The standard InChI is InChI=1S/C16H25NO3/c1-13-3-2-4-16(9-13)20-12-15(18)10-17-7-8-19-11-14-5-6-14/h2-4,9,14-15,17-18H,5-8,10-12H2,1H3. The molecule has 1 saturated carbocycles. The van der Waals surface area contributed by atoms with Crippen molar-refractivity contribution in [1.29, 1.82) is 0 Å². The summed E-state index contributed by atoms with van der Waals surface area (Å²) >= 11 is 0. The van der Waals surface area contributed by atoms with Crippen molar-refractivity contribution in [1.82, 2.24) is 5.32 Å². The third-order valence-corrected chi connectivity index (χ3v) is 3.29. The molecule has 1 fully saturated rings. The summed E-state index contributed by atoms with van der Waals surface area (Å²) in [4.78, 5) is 0. The number of aliphatic hydroxyl groups excluding tert-OH is 1. The third kappa shape index (κ3) is 6.37. The Kier molecular flexibility index (Phi) is 6.30. The molecule has 1 aromatic carbocycles. The Labute approximate surface area is 121 Å². The second-order valence-electron chi connectivity index (χ2n) is 5.50. The zero-order valence-electron chi connectivity index (χ0n) is 12.2. The zero-order chi connectivity index (χ0) is 14.2. The predicted octanol–water partition coefficient (Wildman–Crippen LogP) is 1.75. The summed E-state index contributed by atoms with van der Waals surface area (Å²) in [5.74, 6) is 1.61. The molecular weight excluding hydrogens is 254 g/mol. The first-order chi connectivity index (χ1) is 9.74. The van der Waals surface area contributed by atoms with Crippen molar-refractivity contribution in [3.8, 4) is 5.75 Å². The lowest BCUT2D eigenvalue weighted by Crippen LogP contribution is -2.33. The van der Waals surface area contributed by atoms with Gasteiger partial charge in [0.25, 0.3) is 0 Å². The molecule has 1 atom stereocenters. The normalized spacial score (nSPS) is 16.1. The van der Waals surface area contributed by atoms with E-state index >= 15 is 0 Å². The number of aryl methyl sites for hydroxylation is 1. The van der Waals surface area contributed by atoms with Crippen LogP contribution in [0.5, 0.6) is 5.75 Å². The molecule has 1 unspecified atom stereocenters. The van der Waals surface area contributed by atoms with Gasteiger partial charge in [-0.05, 0) is 43.4 Å². The Morgan fingerprint density at radius 3 is 3.00 bits per heavy atom. The van der Waals surface area contributed by atoms with E-state index in [2.05, 4.69) is 5.32 Å². The van der Waals surface area contributed by atoms with Gasteiger partial charge in [0.05, 0.1) is 6.61 Å². The van der Waals surface area contributed by atoms with E-state index in [1.165, 1.54) is 12.8 Å². The van der Waals surface area contributed by atoms with Crippen LogP contribution in [0.15, 0.2) is 24.3 Å². The van der Waals surface area contributed by atoms with Gasteiger partial charge in [0.1, 0.15) is 18.5 Å². The monoisotopic (exact) mass is 279 g/mol. The Hall–Kier alpha value is -1.10. The van der Waals surface area contributed by atoms with Crippen LogP contribution in [-0.2, 0) is 4.74 Å². The van der Waals surface area contributed by atoms with Gasteiger partial charge in [-0.3, -0.25) is 0 Å². The quantitative estimate of drug-likeness (QED) is 0.641. The largest absolute Gasteiger partial charge is 0.491 e. The maximum absolute atomic E-state index is 9.81. The van der Waals surface area contributed by atoms with Crippen molar-refractivity contribution in [3.63, 3.8) is 0 Å². The second-order valence-corrected chi connectivity index (χ2v) is 5.50. The van der Waals surface area contributed by atoms with Gasteiger partial charge in [0, 0.05) is 19.7 Å². The molecule has 0 spiro atoms. The van der Waals surface area contributed by atoms with Crippen molar-refractivity contribution in [3.05, 3.63) is 29.8 Å². The SMILES string of the molecule is Cc1cccc(OCC(O)CNCCOCC2CC2)c1. The van der Waals surface area contributed by atoms with E-state index in [-0.39, 0.29) is 0 Å². The number of rotatable bonds is 10. The highest BCUT2D eigenvalue weighted by atomic mass is 16.5. The lowest BCUT2D eigenvalue weighted by molar-refractivity contribution is 0.0967. The molecule has 0 amide bonds. The number of hydrogen-bond acceptors (Lipinski definition) is 4. The fourth-order valence-electron chi connectivity index (χ4n) is 1.90. The average molecular weight is 279 g/mol. The van der Waals surface area contributed by atoms with E-state index in [4.69, 9.17) is 9.47 Å². The molecule has 4 heteroatoms. The van der Waals surface area contributed by atoms with Gasteiger partial charge in [-0.2, -0.15) is 0 Å². The Morgan fingerprint density at radius 1 is 1.40 bits per heavy atom. The van der Waals surface area contributed by atoms with Gasteiger partial charge >= 0.3 is 0 Å². The fourth-order valence-corrected chi connectivity index (χ4v) is 1.90. The summed E-state index contributed by atoms with van der Waals surface area (Å²) < 4.78 is 11.1. The summed E-state index contributed by atoms with van der Waals surface area (Å²) in [6.07, 6.45) is 2.14. The fraction of sp³-hybridized carbons (Fsp3) is 0.625. The molecule has 112 valence electrons. The minimum atomic E-state index is -0.501. The van der Waals surface area contributed by atoms with Crippen molar-refractivity contribution >= 4 is 0 Å². The Morgan fingerprint density at radius 2 is 2.25 bits per heavy atom. The molecule has 20 heavy (non-hydrogen) atoms. The molecule has 1 aromatic rings. The Balaban J connectivity index is 1.48. The summed E-state index contributed by atoms with van der Waals surface area (Å²) in [7, 11) is 0. The van der Waals surface area contributed by atoms with Crippen LogP contribution >= 0.6 is 0 Å². The molecule has 0 heterocycles. The van der Waals surface area contributed by atoms with Crippen LogP contribution in [0, 0.1) is 12.8 Å². The van der Waals surface area contributed by atoms with Gasteiger partial charge in [-0.15, -0.1) is 0 Å². The van der Waals surface area contributed by atoms with Gasteiger partial charge < -0.3 is 19.9 Å². The third-order valence-electron chi connectivity index (χ3n) is 3.29. The minimum Gasteiger partial charge on any atom is -0.491 e. The molecular formula is C16H25NO3. The molecule has 4 nitrogen and oxygen atoms in total. The van der Waals surface area contributed by atoms with Crippen molar-refractivity contribution in [2.45, 2.75) is 25.9 Å². The summed E-state index contributed by atoms with van der Waals surface area (Å²) in [6.45, 7) is 5.22. The number of benzene rings is 1. The lowest BCUT2D eigenvalue weighted by atomic mass is 10.2. The molecule has 2 rings (SSSR count). The highest BCUT2D eigenvalue weighted by Crippen LogP contribution is 2.28. The molecule has 1 aliphatic carbocycles. The van der Waals surface area contributed by atoms with Crippen molar-refractivity contribution in [2.75, 3.05) is 32.9 Å². The Bertz CT molecular complexity index is 393. The summed E-state index contributed by atoms with van der Waals surface area (Å²) in [5.41, 5.74) is 1.16. The van der Waals surface area contributed by atoms with E-state index < -0.39 is 6.10 Å². The first-order valence-corrected chi connectivity index (χ1v) is 7.40. The van der Waals surface area contributed by atoms with Gasteiger partial charge in [0.15, 0.2) is 0 Å². The van der Waals surface area contributed by atoms with Crippen LogP contribution in [0.4, 0.5) is 0 Å². The number of nitrogens with one attached hydrogen (secondary N) is 1. The van der Waals surface area contributed by atoms with Gasteiger partial charge in [-0.25, -0.2) is 0 Å². The molecule has 2 N–H and O–H groups in total. The van der Waals surface area contributed by atoms with Crippen LogP contribution in [0.2, 0.25) is 0 Å². The smallest absolute Gasteiger partial charge is 0.119 e. The molecule has 0 aromatic heterocycles. The summed E-state index contributed by atoms with van der Waals surface area (Å²) in [6, 6.07) is 7.84. The highest BCUT2D eigenvalue weighted by molar-refractivity contribution is 5.27. The molecule has 0 radical (unpaired) electrons. The topological polar surface area (TPSA) is 50.7 Å². The van der Waals surface area contributed by atoms with Crippen LogP contribution in [0.1, 0.15) is 18.4 Å². The van der Waals surface area contributed by atoms with Crippen LogP contribution < -0.4 is 10.1 Å². The van der Waals surface area contributed by atoms with E-state index in [0.29, 0.717) is 19.8 Å². The van der Waals surface area contributed by atoms with E-state index in [1.807, 2.05) is 31.2 Å². The number of hydrogen-bond donors (Lipinski definition) is 2. The molecule has 1 aliphatic rings. The van der Waals surface area contributed by atoms with E-state index in [0.717, 1.165) is 30.4 Å².